The molecule has 3 fully saturated rings. The van der Waals surface area contributed by atoms with Crippen molar-refractivity contribution < 1.29 is 14.4 Å². The van der Waals surface area contributed by atoms with Gasteiger partial charge in [0.15, 0.2) is 0 Å². The number of nitrogens with one attached hydrogen (secondary N) is 3. The largest absolute Gasteiger partial charge is 0.322 e. The van der Waals surface area contributed by atoms with E-state index in [1.165, 1.54) is 25.7 Å². The quantitative estimate of drug-likeness (QED) is 0.648. The lowest BCUT2D eigenvalue weighted by Crippen LogP contribution is -2.52. The van der Waals surface area contributed by atoms with Crippen molar-refractivity contribution >= 4 is 17.7 Å². The molecule has 2 saturated heterocycles. The molecule has 1 saturated carbocycles. The van der Waals surface area contributed by atoms with Gasteiger partial charge >= 0.3 is 0 Å². The molecule has 2 unspecified atom stereocenters. The summed E-state index contributed by atoms with van der Waals surface area (Å²) in [5.74, 6) is 0.000965. The van der Waals surface area contributed by atoms with E-state index in [-0.39, 0.29) is 24.1 Å². The predicted octanol–water partition coefficient (Wildman–Crippen LogP) is 1.07. The van der Waals surface area contributed by atoms with E-state index in [9.17, 15) is 14.4 Å². The van der Waals surface area contributed by atoms with Crippen molar-refractivity contribution in [3.8, 4) is 0 Å². The third-order valence-corrected chi connectivity index (χ3v) is 6.94. The van der Waals surface area contributed by atoms with Crippen molar-refractivity contribution in [2.24, 2.45) is 5.92 Å². The molecule has 154 valence electrons. The molecule has 0 bridgehead atoms. The van der Waals surface area contributed by atoms with E-state index < -0.39 is 6.04 Å². The van der Waals surface area contributed by atoms with Crippen LogP contribution in [-0.2, 0) is 22.7 Å². The Morgan fingerprint density at radius 3 is 2.83 bits per heavy atom. The van der Waals surface area contributed by atoms with Gasteiger partial charge in [0.1, 0.15) is 6.04 Å². The number of rotatable bonds is 5. The average molecular weight is 396 g/mol. The van der Waals surface area contributed by atoms with E-state index in [0.717, 1.165) is 36.7 Å². The fourth-order valence-corrected chi connectivity index (χ4v) is 5.13. The second-order valence-corrected chi connectivity index (χ2v) is 9.09. The number of fused-ring (bicyclic) bond motifs is 1. The molecule has 3 heterocycles. The van der Waals surface area contributed by atoms with Gasteiger partial charge < -0.3 is 15.5 Å². The maximum Gasteiger partial charge on any atom is 0.255 e. The Hall–Kier alpha value is -2.25. The average Bonchev–Trinajstić information content (AvgIpc) is 3.36. The van der Waals surface area contributed by atoms with E-state index in [1.807, 2.05) is 12.1 Å². The Labute approximate surface area is 170 Å². The molecule has 0 radical (unpaired) electrons. The molecule has 7 heteroatoms. The standard InChI is InChI=1S/C22H28N4O3/c27-19-4-3-18(20(28)25-19)26-13-16-9-14(1-2-17(16)21(26)29)11-23-12-15-5-8-24-22(10-15)6-7-22/h1-2,9,15,18,23-24H,3-8,10-13H2,(H,25,27,28). The topological polar surface area (TPSA) is 90.5 Å². The third kappa shape index (κ3) is 3.69. The van der Waals surface area contributed by atoms with Gasteiger partial charge in [-0.05, 0) is 68.3 Å². The first-order valence-electron chi connectivity index (χ1n) is 10.8. The lowest BCUT2D eigenvalue weighted by atomic mass is 9.90. The molecule has 29 heavy (non-hydrogen) atoms. The fraction of sp³-hybridized carbons (Fsp3) is 0.591. The monoisotopic (exact) mass is 396 g/mol. The van der Waals surface area contributed by atoms with E-state index >= 15 is 0 Å². The van der Waals surface area contributed by atoms with Gasteiger partial charge in [-0.15, -0.1) is 0 Å². The van der Waals surface area contributed by atoms with Crippen LogP contribution >= 0.6 is 0 Å². The van der Waals surface area contributed by atoms with Gasteiger partial charge in [0.25, 0.3) is 5.91 Å². The molecule has 1 aromatic carbocycles. The number of amides is 3. The molecule has 4 aliphatic rings. The number of piperidine rings is 2. The summed E-state index contributed by atoms with van der Waals surface area (Å²) in [6, 6.07) is 5.41. The third-order valence-electron chi connectivity index (χ3n) is 6.94. The van der Waals surface area contributed by atoms with Crippen LogP contribution in [0.5, 0.6) is 0 Å². The van der Waals surface area contributed by atoms with Crippen molar-refractivity contribution in [3.05, 3.63) is 34.9 Å². The number of imide groups is 1. The van der Waals surface area contributed by atoms with Gasteiger partial charge in [-0.3, -0.25) is 19.7 Å². The van der Waals surface area contributed by atoms with Gasteiger partial charge in [0.2, 0.25) is 11.8 Å². The summed E-state index contributed by atoms with van der Waals surface area (Å²) in [7, 11) is 0. The Balaban J connectivity index is 1.18. The molecule has 5 rings (SSSR count). The molecule has 7 nitrogen and oxygen atoms in total. The van der Waals surface area contributed by atoms with Crippen molar-refractivity contribution in [2.45, 2.75) is 63.2 Å². The highest BCUT2D eigenvalue weighted by Gasteiger charge is 2.45. The minimum Gasteiger partial charge on any atom is -0.322 e. The highest BCUT2D eigenvalue weighted by Crippen LogP contribution is 2.43. The second kappa shape index (κ2) is 7.22. The van der Waals surface area contributed by atoms with Crippen LogP contribution in [0.1, 0.15) is 60.0 Å². The minimum absolute atomic E-state index is 0.113. The molecular formula is C22H28N4O3. The van der Waals surface area contributed by atoms with Crippen LogP contribution in [0.2, 0.25) is 0 Å². The fourth-order valence-electron chi connectivity index (χ4n) is 5.13. The number of carbonyl (C=O) groups is 3. The predicted molar refractivity (Wildman–Crippen MR) is 107 cm³/mol. The molecule has 3 N–H and O–H groups in total. The number of hydrogen-bond acceptors (Lipinski definition) is 5. The first-order valence-corrected chi connectivity index (χ1v) is 10.8. The lowest BCUT2D eigenvalue weighted by molar-refractivity contribution is -0.136. The molecule has 2 atom stereocenters. The van der Waals surface area contributed by atoms with Gasteiger partial charge in [-0.2, -0.15) is 0 Å². The minimum atomic E-state index is -0.552. The second-order valence-electron chi connectivity index (χ2n) is 9.09. The lowest BCUT2D eigenvalue weighted by Gasteiger charge is -2.30. The smallest absolute Gasteiger partial charge is 0.255 e. The molecule has 3 aliphatic heterocycles. The van der Waals surface area contributed by atoms with Gasteiger partial charge in [-0.1, -0.05) is 12.1 Å². The molecule has 0 aromatic heterocycles. The SMILES string of the molecule is O=C1CCC(N2Cc3cc(CNCC4CCNC5(CC5)C4)ccc3C2=O)C(=O)N1. The normalized spacial score (nSPS) is 27.9. The molecule has 1 spiro atoms. The molecule has 3 amide bonds. The molecule has 1 aliphatic carbocycles. The summed E-state index contributed by atoms with van der Waals surface area (Å²) >= 11 is 0. The van der Waals surface area contributed by atoms with Gasteiger partial charge in [0, 0.05) is 30.6 Å². The van der Waals surface area contributed by atoms with Crippen LogP contribution in [0.25, 0.3) is 0 Å². The highest BCUT2D eigenvalue weighted by molar-refractivity contribution is 6.05. The van der Waals surface area contributed by atoms with Crippen LogP contribution in [-0.4, -0.2) is 47.3 Å². The summed E-state index contributed by atoms with van der Waals surface area (Å²) in [5, 5.41) is 9.61. The van der Waals surface area contributed by atoms with Crippen LogP contribution < -0.4 is 16.0 Å². The van der Waals surface area contributed by atoms with Crippen LogP contribution in [0, 0.1) is 5.92 Å². The van der Waals surface area contributed by atoms with Crippen LogP contribution in [0.4, 0.5) is 0 Å². The van der Waals surface area contributed by atoms with Crippen LogP contribution in [0.3, 0.4) is 0 Å². The zero-order chi connectivity index (χ0) is 20.0. The maximum absolute atomic E-state index is 12.8. The van der Waals surface area contributed by atoms with Crippen molar-refractivity contribution in [3.63, 3.8) is 0 Å². The van der Waals surface area contributed by atoms with E-state index in [4.69, 9.17) is 0 Å². The van der Waals surface area contributed by atoms with Crippen molar-refractivity contribution in [1.82, 2.24) is 20.9 Å². The number of carbonyl (C=O) groups excluding carboxylic acids is 3. The number of nitrogens with zero attached hydrogens (tertiary/aromatic N) is 1. The van der Waals surface area contributed by atoms with Crippen molar-refractivity contribution in [1.29, 1.82) is 0 Å². The first-order chi connectivity index (χ1) is 14.0. The van der Waals surface area contributed by atoms with E-state index in [0.29, 0.717) is 24.1 Å². The van der Waals surface area contributed by atoms with Crippen LogP contribution in [0.15, 0.2) is 18.2 Å². The van der Waals surface area contributed by atoms with E-state index in [2.05, 4.69) is 22.0 Å². The summed E-state index contributed by atoms with van der Waals surface area (Å²) < 4.78 is 0. The molecule has 1 aromatic rings. The Morgan fingerprint density at radius 1 is 1.17 bits per heavy atom. The zero-order valence-electron chi connectivity index (χ0n) is 16.6. The van der Waals surface area contributed by atoms with Gasteiger partial charge in [0.05, 0.1) is 0 Å². The Kier molecular flexibility index (Phi) is 4.67. The Bertz CT molecular complexity index is 864. The highest BCUT2D eigenvalue weighted by atomic mass is 16.2. The van der Waals surface area contributed by atoms with Crippen molar-refractivity contribution in [2.75, 3.05) is 13.1 Å². The summed E-state index contributed by atoms with van der Waals surface area (Å²) in [5.41, 5.74) is 3.26. The Morgan fingerprint density at radius 2 is 2.03 bits per heavy atom. The zero-order valence-corrected chi connectivity index (χ0v) is 16.6. The maximum atomic E-state index is 12.8. The summed E-state index contributed by atoms with van der Waals surface area (Å²) in [6.45, 7) is 3.38. The summed E-state index contributed by atoms with van der Waals surface area (Å²) in [6.07, 6.45) is 5.84. The van der Waals surface area contributed by atoms with E-state index in [1.54, 1.807) is 4.90 Å². The first kappa shape index (κ1) is 18.8. The number of benzene rings is 1. The number of hydrogen-bond donors (Lipinski definition) is 3. The summed E-state index contributed by atoms with van der Waals surface area (Å²) in [4.78, 5) is 37.9. The molecular weight excluding hydrogens is 368 g/mol. The van der Waals surface area contributed by atoms with Gasteiger partial charge in [-0.25, -0.2) is 0 Å².